The summed E-state index contributed by atoms with van der Waals surface area (Å²) in [6.07, 6.45) is 10.8. The van der Waals surface area contributed by atoms with Crippen LogP contribution < -0.4 is 0 Å². The largest absolute Gasteiger partial charge is 0.481 e. The number of carboxylic acids is 1. The first kappa shape index (κ1) is 7.59. The van der Waals surface area contributed by atoms with Crippen LogP contribution >= 0.6 is 0 Å². The first-order chi connectivity index (χ1) is 5.70. The van der Waals surface area contributed by atoms with Crippen molar-refractivity contribution in [3.63, 3.8) is 0 Å². The van der Waals surface area contributed by atoms with Crippen LogP contribution in [-0.4, -0.2) is 11.1 Å². The molecular formula is C10H12O2. The molecular weight excluding hydrogens is 152 g/mol. The number of fused-ring (bicyclic) bond motifs is 2. The van der Waals surface area contributed by atoms with Crippen LogP contribution in [0.5, 0.6) is 0 Å². The number of hydrogen-bond donors (Lipinski definition) is 1. The third-order valence-electron chi connectivity index (χ3n) is 2.77. The molecule has 2 bridgehead atoms. The topological polar surface area (TPSA) is 37.3 Å². The fraction of sp³-hybridized carbons (Fsp3) is 0.500. The van der Waals surface area contributed by atoms with E-state index in [1.165, 1.54) is 0 Å². The highest BCUT2D eigenvalue weighted by Gasteiger charge is 2.35. The summed E-state index contributed by atoms with van der Waals surface area (Å²) in [5, 5.41) is 8.55. The van der Waals surface area contributed by atoms with E-state index >= 15 is 0 Å². The Balaban J connectivity index is 1.99. The number of rotatable bonds is 3. The van der Waals surface area contributed by atoms with Gasteiger partial charge in [0.1, 0.15) is 0 Å². The van der Waals surface area contributed by atoms with E-state index in [1.54, 1.807) is 0 Å². The molecule has 2 heteroatoms. The molecule has 12 heavy (non-hydrogen) atoms. The lowest BCUT2D eigenvalue weighted by atomic mass is 9.85. The molecule has 2 rings (SSSR count). The first-order valence-electron chi connectivity index (χ1n) is 4.31. The maximum Gasteiger partial charge on any atom is 0.303 e. The quantitative estimate of drug-likeness (QED) is 0.647. The predicted octanol–water partition coefficient (Wildman–Crippen LogP) is 1.98. The van der Waals surface area contributed by atoms with E-state index in [0.29, 0.717) is 5.92 Å². The van der Waals surface area contributed by atoms with Crippen molar-refractivity contribution in [3.05, 3.63) is 24.3 Å². The molecule has 2 nitrogen and oxygen atoms in total. The van der Waals surface area contributed by atoms with Gasteiger partial charge in [-0.3, -0.25) is 4.79 Å². The highest BCUT2D eigenvalue weighted by atomic mass is 16.4. The molecule has 0 atom stereocenters. The van der Waals surface area contributed by atoms with E-state index in [4.69, 9.17) is 5.11 Å². The van der Waals surface area contributed by atoms with Crippen LogP contribution in [0, 0.1) is 11.3 Å². The summed E-state index contributed by atoms with van der Waals surface area (Å²) in [7, 11) is 0. The number of aliphatic carboxylic acids is 1. The molecule has 0 heterocycles. The summed E-state index contributed by atoms with van der Waals surface area (Å²) >= 11 is 0. The van der Waals surface area contributed by atoms with Crippen molar-refractivity contribution in [2.45, 2.75) is 19.3 Å². The molecule has 0 amide bonds. The monoisotopic (exact) mass is 164 g/mol. The Labute approximate surface area is 71.6 Å². The third kappa shape index (κ3) is 1.17. The zero-order valence-corrected chi connectivity index (χ0v) is 6.86. The SMILES string of the molecule is O=C(O)CCC12C=CC(C=C1)C2. The van der Waals surface area contributed by atoms with Crippen LogP contribution in [-0.2, 0) is 4.79 Å². The van der Waals surface area contributed by atoms with Gasteiger partial charge in [-0.05, 0) is 18.8 Å². The van der Waals surface area contributed by atoms with E-state index in [-0.39, 0.29) is 11.8 Å². The van der Waals surface area contributed by atoms with E-state index in [1.807, 2.05) is 0 Å². The second-order valence-electron chi connectivity index (χ2n) is 3.71. The van der Waals surface area contributed by atoms with Gasteiger partial charge in [0.2, 0.25) is 0 Å². The van der Waals surface area contributed by atoms with Crippen LogP contribution in [0.25, 0.3) is 0 Å². The molecule has 64 valence electrons. The summed E-state index contributed by atoms with van der Waals surface area (Å²) in [5.41, 5.74) is 0.100. The Kier molecular flexibility index (Phi) is 1.56. The zero-order chi connectivity index (χ0) is 8.60. The van der Waals surface area contributed by atoms with Crippen molar-refractivity contribution in [2.75, 3.05) is 0 Å². The summed E-state index contributed by atoms with van der Waals surface area (Å²) in [6.45, 7) is 0. The van der Waals surface area contributed by atoms with Crippen LogP contribution in [0.1, 0.15) is 19.3 Å². The molecule has 0 radical (unpaired) electrons. The van der Waals surface area contributed by atoms with Crippen LogP contribution in [0.3, 0.4) is 0 Å². The Hall–Kier alpha value is -1.05. The second kappa shape index (κ2) is 2.47. The molecule has 0 spiro atoms. The van der Waals surface area contributed by atoms with Crippen LogP contribution in [0.4, 0.5) is 0 Å². The Morgan fingerprint density at radius 3 is 2.58 bits per heavy atom. The minimum Gasteiger partial charge on any atom is -0.481 e. The molecule has 0 saturated carbocycles. The van der Waals surface area contributed by atoms with Crippen molar-refractivity contribution in [3.8, 4) is 0 Å². The first-order valence-corrected chi connectivity index (χ1v) is 4.31. The van der Waals surface area contributed by atoms with Crippen LogP contribution in [0.15, 0.2) is 24.3 Å². The van der Waals surface area contributed by atoms with Crippen molar-refractivity contribution in [2.24, 2.45) is 11.3 Å². The van der Waals surface area contributed by atoms with Gasteiger partial charge in [-0.15, -0.1) is 0 Å². The standard InChI is InChI=1S/C10H12O2/c11-9(12)3-6-10-4-1-8(7-10)2-5-10/h1-2,4-5,8H,3,6-7H2,(H,11,12). The smallest absolute Gasteiger partial charge is 0.303 e. The number of allylic oxidation sites excluding steroid dienone is 4. The maximum atomic E-state index is 10.4. The molecule has 0 aromatic rings. The minimum atomic E-state index is -0.693. The molecule has 0 aromatic heterocycles. The Morgan fingerprint density at radius 2 is 2.17 bits per heavy atom. The van der Waals surface area contributed by atoms with E-state index < -0.39 is 5.97 Å². The zero-order valence-electron chi connectivity index (χ0n) is 6.86. The van der Waals surface area contributed by atoms with Gasteiger partial charge in [0, 0.05) is 11.8 Å². The predicted molar refractivity (Wildman–Crippen MR) is 45.7 cm³/mol. The molecule has 0 unspecified atom stereocenters. The lowest BCUT2D eigenvalue weighted by Crippen LogP contribution is -2.12. The highest BCUT2D eigenvalue weighted by molar-refractivity contribution is 5.66. The molecule has 0 aliphatic heterocycles. The van der Waals surface area contributed by atoms with Gasteiger partial charge in [-0.2, -0.15) is 0 Å². The minimum absolute atomic E-state index is 0.100. The number of carboxylic acid groups (broad SMARTS) is 1. The average Bonchev–Trinajstić information content (AvgIpc) is 2.60. The van der Waals surface area contributed by atoms with Crippen molar-refractivity contribution >= 4 is 5.97 Å². The fourth-order valence-electron chi connectivity index (χ4n) is 2.07. The average molecular weight is 164 g/mol. The lowest BCUT2D eigenvalue weighted by molar-refractivity contribution is -0.137. The van der Waals surface area contributed by atoms with Gasteiger partial charge in [0.15, 0.2) is 0 Å². The molecule has 2 aliphatic rings. The summed E-state index contributed by atoms with van der Waals surface area (Å²) < 4.78 is 0. The number of hydrogen-bond acceptors (Lipinski definition) is 1. The van der Waals surface area contributed by atoms with Gasteiger partial charge < -0.3 is 5.11 Å². The van der Waals surface area contributed by atoms with Gasteiger partial charge >= 0.3 is 5.97 Å². The molecule has 0 saturated heterocycles. The van der Waals surface area contributed by atoms with Gasteiger partial charge in [0.25, 0.3) is 0 Å². The van der Waals surface area contributed by atoms with Crippen LogP contribution in [0.2, 0.25) is 0 Å². The van der Waals surface area contributed by atoms with E-state index in [9.17, 15) is 4.79 Å². The van der Waals surface area contributed by atoms with Crippen molar-refractivity contribution in [1.82, 2.24) is 0 Å². The van der Waals surface area contributed by atoms with E-state index in [2.05, 4.69) is 24.3 Å². The molecule has 0 fully saturated rings. The van der Waals surface area contributed by atoms with Gasteiger partial charge in [-0.25, -0.2) is 0 Å². The van der Waals surface area contributed by atoms with Gasteiger partial charge in [0.05, 0.1) is 0 Å². The molecule has 0 aromatic carbocycles. The summed E-state index contributed by atoms with van der Waals surface area (Å²) in [6, 6.07) is 0. The maximum absolute atomic E-state index is 10.4. The summed E-state index contributed by atoms with van der Waals surface area (Å²) in [4.78, 5) is 10.4. The normalized spacial score (nSPS) is 36.2. The third-order valence-corrected chi connectivity index (χ3v) is 2.77. The van der Waals surface area contributed by atoms with Crippen molar-refractivity contribution < 1.29 is 9.90 Å². The number of carbonyl (C=O) groups is 1. The lowest BCUT2D eigenvalue weighted by Gasteiger charge is -2.19. The highest BCUT2D eigenvalue weighted by Crippen LogP contribution is 2.46. The second-order valence-corrected chi connectivity index (χ2v) is 3.71. The Bertz CT molecular complexity index is 249. The summed E-state index contributed by atoms with van der Waals surface area (Å²) in [5.74, 6) is -0.111. The fourth-order valence-corrected chi connectivity index (χ4v) is 2.07. The Morgan fingerprint density at radius 1 is 1.50 bits per heavy atom. The van der Waals surface area contributed by atoms with E-state index in [0.717, 1.165) is 12.8 Å². The molecule has 2 aliphatic carbocycles. The molecule has 1 N–H and O–H groups in total. The van der Waals surface area contributed by atoms with Crippen molar-refractivity contribution in [1.29, 1.82) is 0 Å². The van der Waals surface area contributed by atoms with Gasteiger partial charge in [-0.1, -0.05) is 24.3 Å².